The number of aliphatic hydroxyl groups is 1. The van der Waals surface area contributed by atoms with E-state index < -0.39 is 0 Å². The Bertz CT molecular complexity index is 283. The zero-order valence-electron chi connectivity index (χ0n) is 9.12. The van der Waals surface area contributed by atoms with Crippen LogP contribution in [0.2, 0.25) is 0 Å². The number of nitrogens with zero attached hydrogens (tertiary/aromatic N) is 2. The van der Waals surface area contributed by atoms with Gasteiger partial charge in [-0.05, 0) is 19.9 Å². The van der Waals surface area contributed by atoms with E-state index in [0.29, 0.717) is 0 Å². The first-order valence-corrected chi connectivity index (χ1v) is 5.03. The fourth-order valence-corrected chi connectivity index (χ4v) is 1.70. The van der Waals surface area contributed by atoms with Crippen LogP contribution >= 0.6 is 0 Å². The average Bonchev–Trinajstić information content (AvgIpc) is 2.55. The smallest absolute Gasteiger partial charge is 0.0669 e. The molecule has 0 aromatic carbocycles. The lowest BCUT2D eigenvalue weighted by Crippen LogP contribution is -2.18. The van der Waals surface area contributed by atoms with Crippen LogP contribution in [0, 0.1) is 0 Å². The lowest BCUT2D eigenvalue weighted by atomic mass is 10.0. The molecule has 2 N–H and O–H groups in total. The molecule has 14 heavy (non-hydrogen) atoms. The Labute approximate surface area is 84.9 Å². The highest BCUT2D eigenvalue weighted by Crippen LogP contribution is 2.19. The van der Waals surface area contributed by atoms with E-state index in [1.54, 1.807) is 0 Å². The van der Waals surface area contributed by atoms with Gasteiger partial charge in [-0.2, -0.15) is 5.10 Å². The van der Waals surface area contributed by atoms with Gasteiger partial charge in [-0.1, -0.05) is 6.92 Å². The van der Waals surface area contributed by atoms with Gasteiger partial charge < -0.3 is 10.4 Å². The van der Waals surface area contributed by atoms with Crippen LogP contribution in [-0.4, -0.2) is 28.5 Å². The van der Waals surface area contributed by atoms with Gasteiger partial charge in [0.1, 0.15) is 0 Å². The molecule has 0 bridgehead atoms. The van der Waals surface area contributed by atoms with Crippen LogP contribution in [0.25, 0.3) is 0 Å². The molecule has 0 radical (unpaired) electrons. The van der Waals surface area contributed by atoms with Crippen LogP contribution in [0.15, 0.2) is 6.20 Å². The molecule has 0 aliphatic carbocycles. The second-order valence-electron chi connectivity index (χ2n) is 3.41. The number of hydrogen-bond acceptors (Lipinski definition) is 3. The second kappa shape index (κ2) is 5.12. The van der Waals surface area contributed by atoms with Crippen LogP contribution in [0.1, 0.15) is 30.6 Å². The molecule has 0 aliphatic heterocycles. The highest BCUT2D eigenvalue weighted by molar-refractivity contribution is 5.21. The molecule has 0 spiro atoms. The van der Waals surface area contributed by atoms with Crippen molar-refractivity contribution in [2.45, 2.75) is 25.8 Å². The predicted octanol–water partition coefficient (Wildman–Crippen LogP) is 0.625. The van der Waals surface area contributed by atoms with E-state index in [1.807, 2.05) is 25.0 Å². The Morgan fingerprint density at radius 1 is 1.64 bits per heavy atom. The average molecular weight is 197 g/mol. The summed E-state index contributed by atoms with van der Waals surface area (Å²) in [7, 11) is 3.83. The molecular weight excluding hydrogens is 178 g/mol. The van der Waals surface area contributed by atoms with Gasteiger partial charge in [0.25, 0.3) is 0 Å². The molecule has 1 unspecified atom stereocenters. The van der Waals surface area contributed by atoms with Crippen LogP contribution in [0.4, 0.5) is 0 Å². The molecule has 80 valence electrons. The van der Waals surface area contributed by atoms with Gasteiger partial charge in [-0.3, -0.25) is 4.68 Å². The predicted molar refractivity (Wildman–Crippen MR) is 56.1 cm³/mol. The van der Waals surface area contributed by atoms with Crippen molar-refractivity contribution >= 4 is 0 Å². The molecule has 0 amide bonds. The Morgan fingerprint density at radius 3 is 2.86 bits per heavy atom. The first kappa shape index (κ1) is 11.2. The second-order valence-corrected chi connectivity index (χ2v) is 3.41. The third kappa shape index (κ3) is 2.33. The summed E-state index contributed by atoms with van der Waals surface area (Å²) in [5, 5.41) is 16.5. The Hall–Kier alpha value is -0.870. The number of hydrogen-bond donors (Lipinski definition) is 2. The van der Waals surface area contributed by atoms with Gasteiger partial charge in [0.2, 0.25) is 0 Å². The van der Waals surface area contributed by atoms with Gasteiger partial charge in [-0.25, -0.2) is 0 Å². The summed E-state index contributed by atoms with van der Waals surface area (Å²) in [5.74, 6) is 0. The molecule has 0 saturated carbocycles. The topological polar surface area (TPSA) is 50.1 Å². The Morgan fingerprint density at radius 2 is 2.36 bits per heavy atom. The summed E-state index contributed by atoms with van der Waals surface area (Å²) < 4.78 is 1.83. The third-order valence-corrected chi connectivity index (χ3v) is 2.41. The SMILES string of the molecule is CCc1nn(C)cc1C(CCO)NC. The van der Waals surface area contributed by atoms with Gasteiger partial charge in [0.15, 0.2) is 0 Å². The first-order chi connectivity index (χ1) is 6.72. The zero-order valence-corrected chi connectivity index (χ0v) is 9.12. The van der Waals surface area contributed by atoms with E-state index in [4.69, 9.17) is 5.11 Å². The highest BCUT2D eigenvalue weighted by atomic mass is 16.3. The molecule has 0 saturated heterocycles. The van der Waals surface area contributed by atoms with E-state index in [0.717, 1.165) is 18.5 Å². The van der Waals surface area contributed by atoms with Gasteiger partial charge in [0, 0.05) is 31.5 Å². The molecule has 4 nitrogen and oxygen atoms in total. The van der Waals surface area contributed by atoms with E-state index in [2.05, 4.69) is 17.3 Å². The molecule has 1 rings (SSSR count). The van der Waals surface area contributed by atoms with E-state index in [-0.39, 0.29) is 12.6 Å². The van der Waals surface area contributed by atoms with Crippen LogP contribution in [-0.2, 0) is 13.5 Å². The number of nitrogens with one attached hydrogen (secondary N) is 1. The minimum atomic E-state index is 0.198. The maximum absolute atomic E-state index is 8.93. The molecule has 1 aromatic heterocycles. The summed E-state index contributed by atoms with van der Waals surface area (Å²) in [4.78, 5) is 0. The Kier molecular flexibility index (Phi) is 4.10. The quantitative estimate of drug-likeness (QED) is 0.727. The summed E-state index contributed by atoms with van der Waals surface area (Å²) in [5.41, 5.74) is 2.31. The summed E-state index contributed by atoms with van der Waals surface area (Å²) in [6.07, 6.45) is 3.69. The van der Waals surface area contributed by atoms with E-state index in [1.165, 1.54) is 5.56 Å². The molecule has 4 heteroatoms. The zero-order chi connectivity index (χ0) is 10.6. The molecular formula is C10H19N3O. The minimum absolute atomic E-state index is 0.198. The Balaban J connectivity index is 2.89. The standard InChI is InChI=1S/C10H19N3O/c1-4-9-8(7-13(3)12-9)10(11-2)5-6-14/h7,10-11,14H,4-6H2,1-3H3. The van der Waals surface area contributed by atoms with Crippen LogP contribution in [0.3, 0.4) is 0 Å². The van der Waals surface area contributed by atoms with Crippen molar-refractivity contribution in [1.29, 1.82) is 0 Å². The third-order valence-electron chi connectivity index (χ3n) is 2.41. The van der Waals surface area contributed by atoms with Gasteiger partial charge in [0.05, 0.1) is 5.69 Å². The van der Waals surface area contributed by atoms with Crippen molar-refractivity contribution in [2.75, 3.05) is 13.7 Å². The van der Waals surface area contributed by atoms with Crippen molar-refractivity contribution in [1.82, 2.24) is 15.1 Å². The summed E-state index contributed by atoms with van der Waals surface area (Å²) in [6.45, 7) is 2.29. The maximum Gasteiger partial charge on any atom is 0.0669 e. The van der Waals surface area contributed by atoms with E-state index >= 15 is 0 Å². The maximum atomic E-state index is 8.93. The van der Waals surface area contributed by atoms with Crippen LogP contribution < -0.4 is 5.32 Å². The molecule has 1 heterocycles. The van der Waals surface area contributed by atoms with Gasteiger partial charge >= 0.3 is 0 Å². The number of aromatic nitrogens is 2. The summed E-state index contributed by atoms with van der Waals surface area (Å²) in [6, 6.07) is 0.212. The number of aryl methyl sites for hydroxylation is 2. The van der Waals surface area contributed by atoms with Crippen molar-refractivity contribution in [3.8, 4) is 0 Å². The molecule has 0 fully saturated rings. The first-order valence-electron chi connectivity index (χ1n) is 5.03. The normalized spacial score (nSPS) is 13.1. The highest BCUT2D eigenvalue weighted by Gasteiger charge is 2.15. The van der Waals surface area contributed by atoms with Crippen molar-refractivity contribution in [2.24, 2.45) is 7.05 Å². The van der Waals surface area contributed by atoms with Crippen molar-refractivity contribution in [3.05, 3.63) is 17.5 Å². The fraction of sp³-hybridized carbons (Fsp3) is 0.700. The van der Waals surface area contributed by atoms with Crippen LogP contribution in [0.5, 0.6) is 0 Å². The molecule has 0 aliphatic rings. The monoisotopic (exact) mass is 197 g/mol. The lowest BCUT2D eigenvalue weighted by Gasteiger charge is -2.14. The molecule has 1 aromatic rings. The number of rotatable bonds is 5. The lowest BCUT2D eigenvalue weighted by molar-refractivity contribution is 0.268. The fourth-order valence-electron chi connectivity index (χ4n) is 1.70. The van der Waals surface area contributed by atoms with Gasteiger partial charge in [-0.15, -0.1) is 0 Å². The molecule has 1 atom stereocenters. The number of aliphatic hydroxyl groups excluding tert-OH is 1. The van der Waals surface area contributed by atoms with Crippen molar-refractivity contribution in [3.63, 3.8) is 0 Å². The minimum Gasteiger partial charge on any atom is -0.396 e. The summed E-state index contributed by atoms with van der Waals surface area (Å²) >= 11 is 0. The van der Waals surface area contributed by atoms with Crippen molar-refractivity contribution < 1.29 is 5.11 Å². The van der Waals surface area contributed by atoms with E-state index in [9.17, 15) is 0 Å². The largest absolute Gasteiger partial charge is 0.396 e.